The maximum Gasteiger partial charge on any atom is 0.157 e. The molecular weight excluding hydrogens is 433 g/mol. The number of fused-ring (bicyclic) bond motifs is 1. The van der Waals surface area contributed by atoms with E-state index in [2.05, 4.69) is 21.2 Å². The lowest BCUT2D eigenvalue weighted by molar-refractivity contribution is 1.50. The van der Waals surface area contributed by atoms with Crippen molar-refractivity contribution >= 4 is 67.7 Å². The quantitative estimate of drug-likeness (QED) is 0.452. The van der Waals surface area contributed by atoms with Gasteiger partial charge in [-0.1, -0.05) is 39.1 Å². The van der Waals surface area contributed by atoms with Crippen molar-refractivity contribution in [2.24, 2.45) is 9.98 Å². The Labute approximate surface area is 169 Å². The van der Waals surface area contributed by atoms with Gasteiger partial charge in [0.2, 0.25) is 0 Å². The number of nitrogens with one attached hydrogen (secondary N) is 1. The summed E-state index contributed by atoms with van der Waals surface area (Å²) in [5, 5.41) is 4.70. The molecule has 0 aliphatic carbocycles. The van der Waals surface area contributed by atoms with E-state index in [-0.39, 0.29) is 0 Å². The molecule has 0 saturated heterocycles. The highest BCUT2D eigenvalue weighted by molar-refractivity contribution is 9.10. The third kappa shape index (κ3) is 3.68. The molecule has 1 N–H and O–H groups in total. The second kappa shape index (κ2) is 7.23. The van der Waals surface area contributed by atoms with Crippen LogP contribution in [0.2, 0.25) is 10.0 Å². The Morgan fingerprint density at radius 2 is 1.50 bits per heavy atom. The van der Waals surface area contributed by atoms with Gasteiger partial charge >= 0.3 is 0 Å². The summed E-state index contributed by atoms with van der Waals surface area (Å²) in [6, 6.07) is 20.8. The molecule has 3 aromatic rings. The number of aliphatic imine (C=N–C) groups is 2. The smallest absolute Gasteiger partial charge is 0.157 e. The first kappa shape index (κ1) is 17.3. The molecule has 1 aliphatic rings. The van der Waals surface area contributed by atoms with Crippen LogP contribution in [0, 0.1) is 0 Å². The highest BCUT2D eigenvalue weighted by atomic mass is 79.9. The van der Waals surface area contributed by atoms with Crippen molar-refractivity contribution in [3.05, 3.63) is 86.8 Å². The van der Waals surface area contributed by atoms with E-state index < -0.39 is 0 Å². The minimum absolute atomic E-state index is 0.679. The van der Waals surface area contributed by atoms with E-state index in [1.165, 1.54) is 0 Å². The van der Waals surface area contributed by atoms with Gasteiger partial charge in [-0.2, -0.15) is 0 Å². The maximum absolute atomic E-state index is 5.98. The topological polar surface area (TPSA) is 36.8 Å². The Morgan fingerprint density at radius 3 is 2.19 bits per heavy atom. The summed E-state index contributed by atoms with van der Waals surface area (Å²) in [7, 11) is 0. The molecule has 0 saturated carbocycles. The van der Waals surface area contributed by atoms with E-state index in [4.69, 9.17) is 33.2 Å². The predicted molar refractivity (Wildman–Crippen MR) is 114 cm³/mol. The van der Waals surface area contributed by atoms with Crippen molar-refractivity contribution in [1.29, 1.82) is 0 Å². The molecule has 0 fully saturated rings. The zero-order valence-electron chi connectivity index (χ0n) is 13.4. The van der Waals surface area contributed by atoms with Crippen molar-refractivity contribution in [2.45, 2.75) is 0 Å². The molecule has 4 rings (SSSR count). The van der Waals surface area contributed by atoms with Crippen LogP contribution >= 0.6 is 39.1 Å². The van der Waals surface area contributed by atoms with E-state index >= 15 is 0 Å². The van der Waals surface area contributed by atoms with Crippen molar-refractivity contribution < 1.29 is 0 Å². The first-order valence-corrected chi connectivity index (χ1v) is 9.39. The molecule has 26 heavy (non-hydrogen) atoms. The summed E-state index contributed by atoms with van der Waals surface area (Å²) in [4.78, 5) is 9.50. The summed E-state index contributed by atoms with van der Waals surface area (Å²) in [6.07, 6.45) is 0. The summed E-state index contributed by atoms with van der Waals surface area (Å²) < 4.78 is 0.971. The molecule has 0 atom stereocenters. The van der Waals surface area contributed by atoms with E-state index in [1.54, 1.807) is 0 Å². The molecule has 0 aromatic heterocycles. The normalized spacial score (nSPS) is 14.3. The first-order chi connectivity index (χ1) is 12.6. The van der Waals surface area contributed by atoms with Crippen molar-refractivity contribution in [3.8, 4) is 0 Å². The number of anilines is 1. The molecule has 3 nitrogen and oxygen atoms in total. The highest BCUT2D eigenvalue weighted by Gasteiger charge is 2.23. The van der Waals surface area contributed by atoms with Crippen molar-refractivity contribution in [1.82, 2.24) is 0 Å². The largest absolute Gasteiger partial charge is 0.338 e. The molecule has 1 aliphatic heterocycles. The van der Waals surface area contributed by atoms with Crippen molar-refractivity contribution in [3.63, 3.8) is 0 Å². The summed E-state index contributed by atoms with van der Waals surface area (Å²) in [5.74, 6) is 0.690. The van der Waals surface area contributed by atoms with Gasteiger partial charge in [-0.15, -0.1) is 0 Å². The number of hydrogen-bond donors (Lipinski definition) is 1. The number of rotatable bonds is 2. The van der Waals surface area contributed by atoms with Crippen LogP contribution in [0.15, 0.2) is 81.2 Å². The van der Waals surface area contributed by atoms with Gasteiger partial charge in [-0.05, 0) is 66.7 Å². The number of benzene rings is 3. The van der Waals surface area contributed by atoms with Crippen LogP contribution in [0.1, 0.15) is 5.56 Å². The molecule has 128 valence electrons. The van der Waals surface area contributed by atoms with E-state index in [0.29, 0.717) is 15.9 Å². The summed E-state index contributed by atoms with van der Waals surface area (Å²) in [6.45, 7) is 0. The molecule has 1 heterocycles. The Kier molecular flexibility index (Phi) is 4.81. The molecule has 6 heteroatoms. The summed E-state index contributed by atoms with van der Waals surface area (Å²) in [5.41, 5.74) is 4.32. The molecule has 0 radical (unpaired) electrons. The average Bonchev–Trinajstić information content (AvgIpc) is 2.95. The maximum atomic E-state index is 5.98. The Balaban J connectivity index is 1.76. The Morgan fingerprint density at radius 1 is 0.846 bits per heavy atom. The van der Waals surface area contributed by atoms with Gasteiger partial charge in [-0.25, -0.2) is 9.98 Å². The lowest BCUT2D eigenvalue weighted by Crippen LogP contribution is -2.20. The van der Waals surface area contributed by atoms with Crippen LogP contribution in [0.4, 0.5) is 17.1 Å². The SMILES string of the molecule is Clc1ccc(N=C2C(Nc3ccc(Cl)cc3)=Nc3cc(Br)ccc32)cc1. The van der Waals surface area contributed by atoms with Gasteiger partial charge in [0.05, 0.1) is 11.4 Å². The third-order valence-electron chi connectivity index (χ3n) is 3.85. The summed E-state index contributed by atoms with van der Waals surface area (Å²) >= 11 is 15.4. The minimum atomic E-state index is 0.679. The average molecular weight is 445 g/mol. The monoisotopic (exact) mass is 443 g/mol. The lowest BCUT2D eigenvalue weighted by atomic mass is 10.1. The number of hydrogen-bond acceptors (Lipinski definition) is 3. The highest BCUT2D eigenvalue weighted by Crippen LogP contribution is 2.32. The van der Waals surface area contributed by atoms with Gasteiger partial charge in [0.15, 0.2) is 5.84 Å². The number of amidine groups is 1. The van der Waals surface area contributed by atoms with Crippen LogP contribution < -0.4 is 5.32 Å². The zero-order valence-corrected chi connectivity index (χ0v) is 16.5. The fourth-order valence-corrected chi connectivity index (χ4v) is 3.21. The minimum Gasteiger partial charge on any atom is -0.338 e. The zero-order chi connectivity index (χ0) is 18.1. The molecule has 0 unspecified atom stereocenters. The second-order valence-electron chi connectivity index (χ2n) is 5.69. The molecular formula is C20H12BrCl2N3. The predicted octanol–water partition coefficient (Wildman–Crippen LogP) is 7.03. The van der Waals surface area contributed by atoms with Crippen LogP contribution in [-0.4, -0.2) is 11.5 Å². The van der Waals surface area contributed by atoms with Gasteiger partial charge in [0.1, 0.15) is 5.71 Å². The fraction of sp³-hybridized carbons (Fsp3) is 0. The fourth-order valence-electron chi connectivity index (χ4n) is 2.61. The van der Waals surface area contributed by atoms with Crippen LogP contribution in [0.3, 0.4) is 0 Å². The molecule has 0 bridgehead atoms. The van der Waals surface area contributed by atoms with E-state index in [0.717, 1.165) is 32.8 Å². The molecule has 0 spiro atoms. The third-order valence-corrected chi connectivity index (χ3v) is 4.84. The van der Waals surface area contributed by atoms with Crippen LogP contribution in [0.5, 0.6) is 0 Å². The molecule has 3 aromatic carbocycles. The lowest BCUT2D eigenvalue weighted by Gasteiger charge is -2.08. The second-order valence-corrected chi connectivity index (χ2v) is 7.48. The van der Waals surface area contributed by atoms with E-state index in [1.807, 2.05) is 66.7 Å². The number of nitrogens with zero attached hydrogens (tertiary/aromatic N) is 2. The van der Waals surface area contributed by atoms with Crippen LogP contribution in [-0.2, 0) is 0 Å². The first-order valence-electron chi connectivity index (χ1n) is 7.84. The van der Waals surface area contributed by atoms with E-state index in [9.17, 15) is 0 Å². The standard InChI is InChI=1S/C20H12BrCl2N3/c21-12-1-10-17-18(11-12)26-20(25-16-8-4-14(23)5-9-16)19(17)24-15-6-2-13(22)3-7-15/h1-11H,(H,24,25,26). The van der Waals surface area contributed by atoms with Gasteiger partial charge < -0.3 is 5.32 Å². The Bertz CT molecular complexity index is 1030. The van der Waals surface area contributed by atoms with Gasteiger partial charge in [0.25, 0.3) is 0 Å². The Hall–Kier alpha value is -2.14. The molecule has 0 amide bonds. The van der Waals surface area contributed by atoms with Gasteiger partial charge in [-0.3, -0.25) is 0 Å². The van der Waals surface area contributed by atoms with Gasteiger partial charge in [0, 0.05) is 25.8 Å². The van der Waals surface area contributed by atoms with Crippen LogP contribution in [0.25, 0.3) is 0 Å². The van der Waals surface area contributed by atoms with Crippen molar-refractivity contribution in [2.75, 3.05) is 5.32 Å². The number of halogens is 3.